The van der Waals surface area contributed by atoms with E-state index in [1.165, 1.54) is 36.8 Å². The summed E-state index contributed by atoms with van der Waals surface area (Å²) in [5, 5.41) is 0. The Balaban J connectivity index is 1.58. The number of anilines is 1. The quantitative estimate of drug-likeness (QED) is 0.454. The van der Waals surface area contributed by atoms with Crippen molar-refractivity contribution >= 4 is 22.6 Å². The monoisotopic (exact) mass is 389 g/mol. The van der Waals surface area contributed by atoms with Gasteiger partial charge in [0.05, 0.1) is 11.0 Å². The largest absolute Gasteiger partial charge is 0.328 e. The van der Waals surface area contributed by atoms with Crippen molar-refractivity contribution in [3.8, 4) is 0 Å². The van der Waals surface area contributed by atoms with Gasteiger partial charge in [0.2, 0.25) is 5.91 Å². The van der Waals surface area contributed by atoms with Crippen molar-refractivity contribution in [2.24, 2.45) is 0 Å². The van der Waals surface area contributed by atoms with Crippen LogP contribution in [0.25, 0.3) is 11.0 Å². The van der Waals surface area contributed by atoms with Crippen molar-refractivity contribution in [2.45, 2.75) is 64.8 Å². The van der Waals surface area contributed by atoms with Crippen LogP contribution in [0, 0.1) is 6.92 Å². The average molecular weight is 390 g/mol. The molecule has 1 aliphatic rings. The van der Waals surface area contributed by atoms with Gasteiger partial charge >= 0.3 is 0 Å². The van der Waals surface area contributed by atoms with Crippen LogP contribution >= 0.6 is 0 Å². The minimum atomic E-state index is 0.144. The van der Waals surface area contributed by atoms with Crippen LogP contribution in [0.5, 0.6) is 0 Å². The molecule has 0 aliphatic carbocycles. The zero-order chi connectivity index (χ0) is 20.2. The molecular formula is C25H31N3O. The summed E-state index contributed by atoms with van der Waals surface area (Å²) < 4.78 is 2.37. The fourth-order valence-corrected chi connectivity index (χ4v) is 4.44. The number of para-hydroxylation sites is 2. The van der Waals surface area contributed by atoms with Gasteiger partial charge < -0.3 is 9.47 Å². The molecule has 2 aromatic carbocycles. The predicted molar refractivity (Wildman–Crippen MR) is 119 cm³/mol. The van der Waals surface area contributed by atoms with E-state index in [2.05, 4.69) is 48.7 Å². The molecule has 1 aliphatic heterocycles. The summed E-state index contributed by atoms with van der Waals surface area (Å²) >= 11 is 0. The van der Waals surface area contributed by atoms with E-state index in [0.29, 0.717) is 13.0 Å². The van der Waals surface area contributed by atoms with Crippen LogP contribution in [0.1, 0.15) is 62.8 Å². The molecule has 0 saturated carbocycles. The van der Waals surface area contributed by atoms with E-state index >= 15 is 0 Å². The summed E-state index contributed by atoms with van der Waals surface area (Å²) in [5.41, 5.74) is 4.41. The Labute approximate surface area is 173 Å². The molecule has 0 spiro atoms. The van der Waals surface area contributed by atoms with Crippen molar-refractivity contribution < 1.29 is 4.79 Å². The van der Waals surface area contributed by atoms with Crippen molar-refractivity contribution in [1.82, 2.24) is 9.55 Å². The number of rotatable bonds is 8. The number of imidazole rings is 1. The highest BCUT2D eigenvalue weighted by atomic mass is 16.2. The molecule has 152 valence electrons. The Morgan fingerprint density at radius 2 is 1.86 bits per heavy atom. The maximum atomic E-state index is 12.8. The number of carbonyl (C=O) groups is 1. The van der Waals surface area contributed by atoms with Crippen LogP contribution in [-0.4, -0.2) is 22.0 Å². The first-order valence-corrected chi connectivity index (χ1v) is 11.0. The summed E-state index contributed by atoms with van der Waals surface area (Å²) in [6.45, 7) is 6.01. The van der Waals surface area contributed by atoms with Gasteiger partial charge in [-0.3, -0.25) is 4.79 Å². The third-order valence-corrected chi connectivity index (χ3v) is 5.97. The number of benzene rings is 2. The maximum absolute atomic E-state index is 12.8. The van der Waals surface area contributed by atoms with Gasteiger partial charge in [-0.1, -0.05) is 56.9 Å². The summed E-state index contributed by atoms with van der Waals surface area (Å²) in [6, 6.07) is 16.6. The molecule has 29 heavy (non-hydrogen) atoms. The van der Waals surface area contributed by atoms with Gasteiger partial charge in [-0.15, -0.1) is 0 Å². The van der Waals surface area contributed by atoms with Gasteiger partial charge in [0, 0.05) is 31.1 Å². The molecule has 0 N–H and O–H groups in total. The van der Waals surface area contributed by atoms with E-state index < -0.39 is 0 Å². The molecule has 1 aromatic heterocycles. The smallest absolute Gasteiger partial charge is 0.227 e. The molecule has 4 nitrogen and oxygen atoms in total. The maximum Gasteiger partial charge on any atom is 0.227 e. The third kappa shape index (κ3) is 4.21. The minimum absolute atomic E-state index is 0.144. The molecule has 4 heteroatoms. The van der Waals surface area contributed by atoms with Crippen molar-refractivity contribution in [3.63, 3.8) is 0 Å². The number of hydrogen-bond donors (Lipinski definition) is 0. The normalized spacial score (nSPS) is 16.8. The molecule has 0 radical (unpaired) electrons. The van der Waals surface area contributed by atoms with E-state index in [9.17, 15) is 4.79 Å². The molecule has 0 unspecified atom stereocenters. The van der Waals surface area contributed by atoms with Gasteiger partial charge in [-0.2, -0.15) is 0 Å². The van der Waals surface area contributed by atoms with Crippen LogP contribution in [-0.2, 0) is 11.3 Å². The summed E-state index contributed by atoms with van der Waals surface area (Å²) in [6.07, 6.45) is 6.81. The fourth-order valence-electron chi connectivity index (χ4n) is 4.44. The molecule has 1 atom stereocenters. The average Bonchev–Trinajstić information content (AvgIpc) is 3.28. The lowest BCUT2D eigenvalue weighted by atomic mass is 10.1. The Morgan fingerprint density at radius 1 is 1.03 bits per heavy atom. The number of carbonyl (C=O) groups excluding carboxylic acids is 1. The summed E-state index contributed by atoms with van der Waals surface area (Å²) in [4.78, 5) is 19.7. The Morgan fingerprint density at radius 3 is 2.69 bits per heavy atom. The lowest BCUT2D eigenvalue weighted by Crippen LogP contribution is -2.24. The fraction of sp³-hybridized carbons (Fsp3) is 0.440. The molecule has 3 aromatic rings. The summed E-state index contributed by atoms with van der Waals surface area (Å²) in [5.74, 6) is 1.42. The Hall–Kier alpha value is -2.62. The zero-order valence-electron chi connectivity index (χ0n) is 17.6. The number of aryl methyl sites for hydroxylation is 2. The predicted octanol–water partition coefficient (Wildman–Crippen LogP) is 5.84. The number of hydrogen-bond acceptors (Lipinski definition) is 2. The number of fused-ring (bicyclic) bond motifs is 1. The first kappa shape index (κ1) is 19.7. The number of nitrogens with zero attached hydrogens (tertiary/aromatic N) is 3. The van der Waals surface area contributed by atoms with Crippen LogP contribution in [0.3, 0.4) is 0 Å². The molecule has 1 fully saturated rings. The molecule has 1 saturated heterocycles. The van der Waals surface area contributed by atoms with Crippen LogP contribution < -0.4 is 4.90 Å². The van der Waals surface area contributed by atoms with Crippen molar-refractivity contribution in [3.05, 3.63) is 59.9 Å². The number of aromatic nitrogens is 2. The van der Waals surface area contributed by atoms with Gasteiger partial charge in [0.15, 0.2) is 0 Å². The van der Waals surface area contributed by atoms with Crippen molar-refractivity contribution in [1.29, 1.82) is 0 Å². The highest BCUT2D eigenvalue weighted by molar-refractivity contribution is 5.96. The second-order valence-corrected chi connectivity index (χ2v) is 8.27. The highest BCUT2D eigenvalue weighted by Gasteiger charge is 2.34. The topological polar surface area (TPSA) is 38.1 Å². The Bertz CT molecular complexity index is 991. The Kier molecular flexibility index (Phi) is 5.98. The van der Waals surface area contributed by atoms with E-state index in [-0.39, 0.29) is 11.8 Å². The van der Waals surface area contributed by atoms with Gasteiger partial charge in [0.25, 0.3) is 0 Å². The highest BCUT2D eigenvalue weighted by Crippen LogP contribution is 2.33. The molecule has 2 heterocycles. The third-order valence-electron chi connectivity index (χ3n) is 5.97. The SMILES string of the molecule is CCCCCCCn1c([C@H]2CC(=O)N(c3cccc(C)c3)C2)nc2ccccc21. The second-order valence-electron chi connectivity index (χ2n) is 8.27. The molecule has 4 rings (SSSR count). The van der Waals surface area contributed by atoms with Crippen LogP contribution in [0.4, 0.5) is 5.69 Å². The molecular weight excluding hydrogens is 358 g/mol. The lowest BCUT2D eigenvalue weighted by Gasteiger charge is -2.18. The lowest BCUT2D eigenvalue weighted by molar-refractivity contribution is -0.117. The van der Waals surface area contributed by atoms with Gasteiger partial charge in [-0.05, 0) is 43.2 Å². The number of amides is 1. The first-order valence-electron chi connectivity index (χ1n) is 11.0. The van der Waals surface area contributed by atoms with Gasteiger partial charge in [-0.25, -0.2) is 4.98 Å². The zero-order valence-corrected chi connectivity index (χ0v) is 17.6. The van der Waals surface area contributed by atoms with E-state index in [4.69, 9.17) is 4.98 Å². The number of unbranched alkanes of at least 4 members (excludes halogenated alkanes) is 4. The standard InChI is InChI=1S/C25H31N3O/c1-3-4-5-6-9-15-27-23-14-8-7-13-22(23)26-25(27)20-17-24(29)28(18-20)21-12-10-11-19(2)16-21/h7-8,10-14,16,20H,3-6,9,15,17-18H2,1-2H3/t20-/m0/s1. The van der Waals surface area contributed by atoms with E-state index in [1.54, 1.807) is 0 Å². The van der Waals surface area contributed by atoms with Crippen molar-refractivity contribution in [2.75, 3.05) is 11.4 Å². The molecule has 1 amide bonds. The first-order chi connectivity index (χ1) is 14.2. The van der Waals surface area contributed by atoms with E-state index in [0.717, 1.165) is 30.0 Å². The van der Waals surface area contributed by atoms with Gasteiger partial charge in [0.1, 0.15) is 5.82 Å². The minimum Gasteiger partial charge on any atom is -0.328 e. The second kappa shape index (κ2) is 8.81. The van der Waals surface area contributed by atoms with Crippen LogP contribution in [0.2, 0.25) is 0 Å². The van der Waals surface area contributed by atoms with E-state index in [1.807, 2.05) is 23.1 Å². The summed E-state index contributed by atoms with van der Waals surface area (Å²) in [7, 11) is 0. The molecule has 0 bridgehead atoms. The van der Waals surface area contributed by atoms with Crippen LogP contribution in [0.15, 0.2) is 48.5 Å².